The molecule has 0 bridgehead atoms. The van der Waals surface area contributed by atoms with Gasteiger partial charge in [-0.25, -0.2) is 18.1 Å². The van der Waals surface area contributed by atoms with Crippen molar-refractivity contribution >= 4 is 20.9 Å². The minimum Gasteiger partial charge on any atom is -0.437 e. The highest BCUT2D eigenvalue weighted by atomic mass is 32.2. The van der Waals surface area contributed by atoms with E-state index in [-0.39, 0.29) is 4.90 Å². The first-order valence-electron chi connectivity index (χ1n) is 8.41. The summed E-state index contributed by atoms with van der Waals surface area (Å²) in [6, 6.07) is 8.43. The van der Waals surface area contributed by atoms with Crippen molar-refractivity contribution in [2.75, 3.05) is 19.3 Å². The van der Waals surface area contributed by atoms with Gasteiger partial charge in [0.25, 0.3) is 0 Å². The Bertz CT molecular complexity index is 1020. The SMILES string of the molecule is CS(=O)(=O)c1ccc(Oc2nccc3c2nnn3C2CCNCC2)cc1. The van der Waals surface area contributed by atoms with E-state index >= 15 is 0 Å². The average molecular weight is 373 g/mol. The number of rotatable bonds is 4. The van der Waals surface area contributed by atoms with Crippen molar-refractivity contribution in [3.8, 4) is 11.6 Å². The molecule has 1 N–H and O–H groups in total. The van der Waals surface area contributed by atoms with E-state index in [4.69, 9.17) is 4.74 Å². The first-order valence-corrected chi connectivity index (χ1v) is 10.3. The van der Waals surface area contributed by atoms with Gasteiger partial charge < -0.3 is 10.1 Å². The highest BCUT2D eigenvalue weighted by Crippen LogP contribution is 2.29. The Morgan fingerprint density at radius 2 is 1.88 bits per heavy atom. The quantitative estimate of drug-likeness (QED) is 0.746. The number of nitrogens with zero attached hydrogens (tertiary/aromatic N) is 4. The number of hydrogen-bond donors (Lipinski definition) is 1. The molecule has 1 saturated heterocycles. The van der Waals surface area contributed by atoms with E-state index in [2.05, 4.69) is 20.6 Å². The van der Waals surface area contributed by atoms with E-state index < -0.39 is 9.84 Å². The summed E-state index contributed by atoms with van der Waals surface area (Å²) in [5.41, 5.74) is 1.48. The van der Waals surface area contributed by atoms with Gasteiger partial charge in [0.05, 0.1) is 16.5 Å². The fraction of sp³-hybridized carbons (Fsp3) is 0.353. The summed E-state index contributed by atoms with van der Waals surface area (Å²) in [6.07, 6.45) is 4.85. The van der Waals surface area contributed by atoms with Crippen molar-refractivity contribution in [2.45, 2.75) is 23.8 Å². The van der Waals surface area contributed by atoms with Crippen LogP contribution in [0.25, 0.3) is 11.0 Å². The number of pyridine rings is 1. The zero-order chi connectivity index (χ0) is 18.1. The summed E-state index contributed by atoms with van der Waals surface area (Å²) in [5.74, 6) is 0.851. The summed E-state index contributed by atoms with van der Waals surface area (Å²) >= 11 is 0. The van der Waals surface area contributed by atoms with Crippen LogP contribution in [0.3, 0.4) is 0 Å². The molecule has 0 radical (unpaired) electrons. The first-order chi connectivity index (χ1) is 12.5. The molecule has 0 amide bonds. The normalized spacial score (nSPS) is 16.0. The summed E-state index contributed by atoms with van der Waals surface area (Å²) in [7, 11) is -3.24. The van der Waals surface area contributed by atoms with E-state index in [1.54, 1.807) is 18.3 Å². The monoisotopic (exact) mass is 373 g/mol. The van der Waals surface area contributed by atoms with Crippen LogP contribution < -0.4 is 10.1 Å². The maximum Gasteiger partial charge on any atom is 0.249 e. The third-order valence-corrected chi connectivity index (χ3v) is 5.61. The van der Waals surface area contributed by atoms with E-state index in [0.717, 1.165) is 31.4 Å². The highest BCUT2D eigenvalue weighted by molar-refractivity contribution is 7.90. The van der Waals surface area contributed by atoms with E-state index in [0.29, 0.717) is 23.2 Å². The van der Waals surface area contributed by atoms with Crippen LogP contribution in [0.4, 0.5) is 0 Å². The zero-order valence-electron chi connectivity index (χ0n) is 14.3. The lowest BCUT2D eigenvalue weighted by Crippen LogP contribution is -2.29. The largest absolute Gasteiger partial charge is 0.437 e. The predicted molar refractivity (Wildman–Crippen MR) is 96.1 cm³/mol. The minimum atomic E-state index is -3.24. The van der Waals surface area contributed by atoms with Gasteiger partial charge in [0, 0.05) is 12.5 Å². The van der Waals surface area contributed by atoms with Crippen molar-refractivity contribution in [2.24, 2.45) is 0 Å². The van der Waals surface area contributed by atoms with Gasteiger partial charge in [0.2, 0.25) is 5.88 Å². The molecule has 26 heavy (non-hydrogen) atoms. The second kappa shape index (κ2) is 6.65. The molecule has 2 aromatic heterocycles. The van der Waals surface area contributed by atoms with Gasteiger partial charge >= 0.3 is 0 Å². The van der Waals surface area contributed by atoms with Gasteiger partial charge in [-0.1, -0.05) is 5.21 Å². The number of hydrogen-bond acceptors (Lipinski definition) is 7. The number of sulfone groups is 1. The molecule has 0 unspecified atom stereocenters. The Morgan fingerprint density at radius 3 is 2.58 bits per heavy atom. The fourth-order valence-corrected chi connectivity index (χ4v) is 3.74. The van der Waals surface area contributed by atoms with Gasteiger partial charge in [-0.15, -0.1) is 5.10 Å². The summed E-state index contributed by atoms with van der Waals surface area (Å²) in [4.78, 5) is 4.51. The van der Waals surface area contributed by atoms with E-state index in [9.17, 15) is 8.42 Å². The first kappa shape index (κ1) is 16.9. The number of ether oxygens (including phenoxy) is 1. The van der Waals surface area contributed by atoms with Crippen LogP contribution in [-0.4, -0.2) is 47.7 Å². The molecule has 1 aliphatic rings. The van der Waals surface area contributed by atoms with E-state index in [1.165, 1.54) is 18.4 Å². The van der Waals surface area contributed by atoms with Gasteiger partial charge in [-0.2, -0.15) is 0 Å². The van der Waals surface area contributed by atoms with Crippen molar-refractivity contribution in [3.63, 3.8) is 0 Å². The zero-order valence-corrected chi connectivity index (χ0v) is 15.1. The molecule has 8 nitrogen and oxygen atoms in total. The smallest absolute Gasteiger partial charge is 0.249 e. The third kappa shape index (κ3) is 3.27. The summed E-state index contributed by atoms with van der Waals surface area (Å²) in [5, 5.41) is 11.9. The van der Waals surface area contributed by atoms with Gasteiger partial charge in [-0.05, 0) is 56.3 Å². The van der Waals surface area contributed by atoms with Crippen molar-refractivity contribution < 1.29 is 13.2 Å². The number of nitrogens with one attached hydrogen (secondary N) is 1. The molecule has 0 aliphatic carbocycles. The van der Waals surface area contributed by atoms with Crippen molar-refractivity contribution in [1.82, 2.24) is 25.3 Å². The Kier molecular flexibility index (Phi) is 4.33. The number of fused-ring (bicyclic) bond motifs is 1. The molecular formula is C17H19N5O3S. The Labute approximate surface area is 151 Å². The highest BCUT2D eigenvalue weighted by Gasteiger charge is 2.20. The Morgan fingerprint density at radius 1 is 1.15 bits per heavy atom. The molecule has 9 heteroatoms. The number of benzene rings is 1. The molecule has 1 aromatic carbocycles. The van der Waals surface area contributed by atoms with E-state index in [1.807, 2.05) is 10.7 Å². The minimum absolute atomic E-state index is 0.243. The molecule has 3 aromatic rings. The van der Waals surface area contributed by atoms with Gasteiger partial charge in [0.1, 0.15) is 5.75 Å². The molecule has 1 fully saturated rings. The topological polar surface area (TPSA) is 99.0 Å². The van der Waals surface area contributed by atoms with Crippen LogP contribution in [-0.2, 0) is 9.84 Å². The van der Waals surface area contributed by atoms with Crippen LogP contribution in [0.2, 0.25) is 0 Å². The Hall–Kier alpha value is -2.52. The lowest BCUT2D eigenvalue weighted by molar-refractivity contribution is 0.345. The van der Waals surface area contributed by atoms with Gasteiger partial charge in [0.15, 0.2) is 15.4 Å². The molecule has 3 heterocycles. The molecule has 0 saturated carbocycles. The molecule has 0 atom stereocenters. The lowest BCUT2D eigenvalue weighted by atomic mass is 10.1. The van der Waals surface area contributed by atoms with Crippen LogP contribution in [0.5, 0.6) is 11.6 Å². The van der Waals surface area contributed by atoms with Crippen LogP contribution in [0.1, 0.15) is 18.9 Å². The van der Waals surface area contributed by atoms with Gasteiger partial charge in [-0.3, -0.25) is 0 Å². The fourth-order valence-electron chi connectivity index (χ4n) is 3.11. The lowest BCUT2D eigenvalue weighted by Gasteiger charge is -2.22. The third-order valence-electron chi connectivity index (χ3n) is 4.48. The van der Waals surface area contributed by atoms with Crippen LogP contribution in [0, 0.1) is 0 Å². The molecule has 136 valence electrons. The maximum atomic E-state index is 11.6. The van der Waals surface area contributed by atoms with Crippen molar-refractivity contribution in [1.29, 1.82) is 0 Å². The average Bonchev–Trinajstić information content (AvgIpc) is 3.07. The molecular weight excluding hydrogens is 354 g/mol. The van der Waals surface area contributed by atoms with Crippen LogP contribution in [0.15, 0.2) is 41.4 Å². The second-order valence-electron chi connectivity index (χ2n) is 6.34. The predicted octanol–water partition coefficient (Wildman–Crippen LogP) is 1.95. The second-order valence-corrected chi connectivity index (χ2v) is 8.36. The molecule has 4 rings (SSSR count). The maximum absolute atomic E-state index is 11.6. The van der Waals surface area contributed by atoms with Crippen molar-refractivity contribution in [3.05, 3.63) is 36.5 Å². The van der Waals surface area contributed by atoms with Crippen LogP contribution >= 0.6 is 0 Å². The molecule has 0 spiro atoms. The Balaban J connectivity index is 1.64. The number of piperidine rings is 1. The number of aromatic nitrogens is 4. The summed E-state index contributed by atoms with van der Waals surface area (Å²) < 4.78 is 30.9. The molecule has 1 aliphatic heterocycles. The summed E-state index contributed by atoms with van der Waals surface area (Å²) in [6.45, 7) is 1.93. The standard InChI is InChI=1S/C17H19N5O3S/c1-26(23,24)14-4-2-13(3-5-14)25-17-16-15(8-11-19-17)22(21-20-16)12-6-9-18-10-7-12/h2-5,8,11-12,18H,6-7,9-10H2,1H3.